The van der Waals surface area contributed by atoms with Gasteiger partial charge in [0.2, 0.25) is 0 Å². The van der Waals surface area contributed by atoms with E-state index in [1.165, 1.54) is 19.3 Å². The highest BCUT2D eigenvalue weighted by Crippen LogP contribution is 2.42. The summed E-state index contributed by atoms with van der Waals surface area (Å²) in [7, 11) is 4.17. The first kappa shape index (κ1) is 16.8. The number of hydrogen-bond donors (Lipinski definition) is 1. The standard InChI is InChI=1S/C18H28ClNO/c1-20(2)14-6-13-18(21,15-7-4-3-5-8-15)16-9-11-17(19)12-10-16/h9-12,15,21H,3-8,13-14H2,1-2H3. The Bertz CT molecular complexity index is 425. The minimum atomic E-state index is -0.693. The summed E-state index contributed by atoms with van der Waals surface area (Å²) in [6.45, 7) is 1.02. The number of hydrogen-bond acceptors (Lipinski definition) is 2. The van der Waals surface area contributed by atoms with Crippen molar-refractivity contribution in [2.24, 2.45) is 5.92 Å². The first-order chi connectivity index (χ1) is 10.0. The number of nitrogens with zero attached hydrogens (tertiary/aromatic N) is 1. The van der Waals surface area contributed by atoms with Crippen LogP contribution >= 0.6 is 11.6 Å². The van der Waals surface area contributed by atoms with Crippen molar-refractivity contribution in [2.45, 2.75) is 50.5 Å². The first-order valence-corrected chi connectivity index (χ1v) is 8.53. The van der Waals surface area contributed by atoms with Crippen molar-refractivity contribution in [3.05, 3.63) is 34.9 Å². The number of halogens is 1. The van der Waals surface area contributed by atoms with Crippen LogP contribution in [0.3, 0.4) is 0 Å². The second-order valence-electron chi connectivity index (χ2n) is 6.67. The summed E-state index contributed by atoms with van der Waals surface area (Å²) in [5, 5.41) is 12.2. The predicted octanol–water partition coefficient (Wildman–Crippen LogP) is 4.45. The van der Waals surface area contributed by atoms with Crippen LogP contribution in [0, 0.1) is 5.92 Å². The Hall–Kier alpha value is -0.570. The van der Waals surface area contributed by atoms with Crippen LogP contribution in [0.1, 0.15) is 50.5 Å². The third-order valence-corrected chi connectivity index (χ3v) is 5.04. The lowest BCUT2D eigenvalue weighted by Crippen LogP contribution is -2.37. The molecule has 1 aromatic rings. The zero-order chi connectivity index (χ0) is 15.3. The van der Waals surface area contributed by atoms with Crippen molar-refractivity contribution in [2.75, 3.05) is 20.6 Å². The molecule has 0 radical (unpaired) electrons. The molecule has 1 aliphatic rings. The molecule has 1 saturated carbocycles. The lowest BCUT2D eigenvalue weighted by Gasteiger charge is -2.39. The molecule has 0 aromatic heterocycles. The van der Waals surface area contributed by atoms with E-state index in [0.717, 1.165) is 42.8 Å². The van der Waals surface area contributed by atoms with Crippen LogP contribution in [-0.2, 0) is 5.60 Å². The number of benzene rings is 1. The molecule has 0 saturated heterocycles. The average Bonchev–Trinajstić information content (AvgIpc) is 2.48. The molecule has 3 heteroatoms. The fourth-order valence-electron chi connectivity index (χ4n) is 3.57. The molecule has 1 atom stereocenters. The molecule has 2 rings (SSSR count). The Labute approximate surface area is 134 Å². The van der Waals surface area contributed by atoms with Gasteiger partial charge >= 0.3 is 0 Å². The minimum Gasteiger partial charge on any atom is -0.385 e. The predicted molar refractivity (Wildman–Crippen MR) is 89.7 cm³/mol. The molecule has 21 heavy (non-hydrogen) atoms. The topological polar surface area (TPSA) is 23.5 Å². The largest absolute Gasteiger partial charge is 0.385 e. The third kappa shape index (κ3) is 4.45. The van der Waals surface area contributed by atoms with E-state index in [4.69, 9.17) is 11.6 Å². The summed E-state index contributed by atoms with van der Waals surface area (Å²) in [5.41, 5.74) is 0.346. The third-order valence-electron chi connectivity index (χ3n) is 4.79. The van der Waals surface area contributed by atoms with E-state index in [2.05, 4.69) is 19.0 Å². The summed E-state index contributed by atoms with van der Waals surface area (Å²) in [5.74, 6) is 0.384. The van der Waals surface area contributed by atoms with Crippen molar-refractivity contribution >= 4 is 11.6 Å². The maximum Gasteiger partial charge on any atom is 0.0925 e. The maximum atomic E-state index is 11.4. The highest BCUT2D eigenvalue weighted by molar-refractivity contribution is 6.30. The molecule has 2 nitrogen and oxygen atoms in total. The van der Waals surface area contributed by atoms with Crippen LogP contribution in [0.25, 0.3) is 0 Å². The second kappa shape index (κ2) is 7.62. The van der Waals surface area contributed by atoms with Crippen LogP contribution in [0.4, 0.5) is 0 Å². The van der Waals surface area contributed by atoms with Crippen molar-refractivity contribution < 1.29 is 5.11 Å². The number of aliphatic hydroxyl groups is 1. The molecule has 1 aromatic carbocycles. The van der Waals surface area contributed by atoms with Gasteiger partial charge in [-0.25, -0.2) is 0 Å². The highest BCUT2D eigenvalue weighted by atomic mass is 35.5. The van der Waals surface area contributed by atoms with Crippen LogP contribution in [0.15, 0.2) is 24.3 Å². The quantitative estimate of drug-likeness (QED) is 0.839. The Balaban J connectivity index is 2.17. The molecule has 0 amide bonds. The molecular formula is C18H28ClNO. The van der Waals surface area contributed by atoms with Gasteiger partial charge in [0.1, 0.15) is 0 Å². The monoisotopic (exact) mass is 309 g/mol. The molecule has 1 unspecified atom stereocenters. The normalized spacial score (nSPS) is 19.7. The van der Waals surface area contributed by atoms with E-state index in [-0.39, 0.29) is 0 Å². The lowest BCUT2D eigenvalue weighted by molar-refractivity contribution is -0.0484. The zero-order valence-electron chi connectivity index (χ0n) is 13.3. The summed E-state index contributed by atoms with van der Waals surface area (Å²) in [6, 6.07) is 7.81. The lowest BCUT2D eigenvalue weighted by atomic mass is 9.71. The molecule has 0 heterocycles. The smallest absolute Gasteiger partial charge is 0.0925 e. The molecular weight excluding hydrogens is 282 g/mol. The van der Waals surface area contributed by atoms with Crippen LogP contribution in [0.5, 0.6) is 0 Å². The van der Waals surface area contributed by atoms with Gasteiger partial charge in [0.25, 0.3) is 0 Å². The molecule has 0 spiro atoms. The Morgan fingerprint density at radius 3 is 2.33 bits per heavy atom. The maximum absolute atomic E-state index is 11.4. The summed E-state index contributed by atoms with van der Waals surface area (Å²) in [6.07, 6.45) is 7.93. The van der Waals surface area contributed by atoms with E-state index >= 15 is 0 Å². The highest BCUT2D eigenvalue weighted by Gasteiger charge is 2.38. The van der Waals surface area contributed by atoms with Gasteiger partial charge in [-0.3, -0.25) is 0 Å². The van der Waals surface area contributed by atoms with Crippen molar-refractivity contribution in [1.29, 1.82) is 0 Å². The zero-order valence-corrected chi connectivity index (χ0v) is 14.1. The summed E-state index contributed by atoms with van der Waals surface area (Å²) in [4.78, 5) is 2.18. The van der Waals surface area contributed by atoms with E-state index in [0.29, 0.717) is 5.92 Å². The molecule has 1 aliphatic carbocycles. The van der Waals surface area contributed by atoms with Crippen molar-refractivity contribution in [1.82, 2.24) is 4.90 Å². The van der Waals surface area contributed by atoms with Crippen molar-refractivity contribution in [3.63, 3.8) is 0 Å². The van der Waals surface area contributed by atoms with Gasteiger partial charge in [0.05, 0.1) is 5.60 Å². The van der Waals surface area contributed by atoms with E-state index in [9.17, 15) is 5.11 Å². The van der Waals surface area contributed by atoms with Gasteiger partial charge in [-0.05, 0) is 69.9 Å². The Kier molecular flexibility index (Phi) is 6.09. The Morgan fingerprint density at radius 2 is 1.76 bits per heavy atom. The fourth-order valence-corrected chi connectivity index (χ4v) is 3.69. The molecule has 118 valence electrons. The molecule has 0 bridgehead atoms. The van der Waals surface area contributed by atoms with Crippen LogP contribution < -0.4 is 0 Å². The van der Waals surface area contributed by atoms with Crippen LogP contribution in [-0.4, -0.2) is 30.6 Å². The van der Waals surface area contributed by atoms with Crippen molar-refractivity contribution in [3.8, 4) is 0 Å². The number of rotatable bonds is 6. The van der Waals surface area contributed by atoms with E-state index in [1.54, 1.807) is 0 Å². The van der Waals surface area contributed by atoms with Gasteiger partial charge in [-0.2, -0.15) is 0 Å². The second-order valence-corrected chi connectivity index (χ2v) is 7.11. The Morgan fingerprint density at radius 1 is 1.14 bits per heavy atom. The van der Waals surface area contributed by atoms with Gasteiger partial charge in [-0.15, -0.1) is 0 Å². The van der Waals surface area contributed by atoms with Gasteiger partial charge in [0, 0.05) is 5.02 Å². The molecule has 1 N–H and O–H groups in total. The molecule has 1 fully saturated rings. The SMILES string of the molecule is CN(C)CCCC(O)(c1ccc(Cl)cc1)C1CCCCC1. The summed E-state index contributed by atoms with van der Waals surface area (Å²) >= 11 is 6.01. The van der Waals surface area contributed by atoms with Crippen LogP contribution in [0.2, 0.25) is 5.02 Å². The van der Waals surface area contributed by atoms with Gasteiger partial charge in [-0.1, -0.05) is 43.0 Å². The van der Waals surface area contributed by atoms with E-state index in [1.807, 2.05) is 24.3 Å². The van der Waals surface area contributed by atoms with E-state index < -0.39 is 5.60 Å². The molecule has 0 aliphatic heterocycles. The summed E-state index contributed by atoms with van der Waals surface area (Å²) < 4.78 is 0. The van der Waals surface area contributed by atoms with Gasteiger partial charge in [0.15, 0.2) is 0 Å². The minimum absolute atomic E-state index is 0.384. The first-order valence-electron chi connectivity index (χ1n) is 8.15. The van der Waals surface area contributed by atoms with Gasteiger partial charge < -0.3 is 10.0 Å². The fraction of sp³-hybridized carbons (Fsp3) is 0.667. The average molecular weight is 310 g/mol.